The van der Waals surface area contributed by atoms with E-state index in [1.165, 1.54) is 6.42 Å². The van der Waals surface area contributed by atoms with Crippen molar-refractivity contribution < 1.29 is 19.1 Å². The van der Waals surface area contributed by atoms with Gasteiger partial charge in [0.15, 0.2) is 0 Å². The minimum Gasteiger partial charge on any atom is -0.428 e. The number of esters is 2. The molecule has 0 saturated heterocycles. The zero-order valence-corrected chi connectivity index (χ0v) is 22.8. The number of rotatable bonds is 10. The van der Waals surface area contributed by atoms with E-state index in [1.54, 1.807) is 0 Å². The van der Waals surface area contributed by atoms with Gasteiger partial charge in [-0.25, -0.2) is 4.79 Å². The fourth-order valence-electron chi connectivity index (χ4n) is 3.27. The monoisotopic (exact) mass is 454 g/mol. The molecule has 0 bridgehead atoms. The fourth-order valence-corrected chi connectivity index (χ4v) is 3.27. The molecule has 0 N–H and O–H groups in total. The summed E-state index contributed by atoms with van der Waals surface area (Å²) in [5.74, 6) is -0.376. The summed E-state index contributed by atoms with van der Waals surface area (Å²) >= 11 is 0. The molecule has 0 aliphatic heterocycles. The largest absolute Gasteiger partial charge is 0.428 e. The van der Waals surface area contributed by atoms with Gasteiger partial charge in [0.1, 0.15) is 0 Å². The van der Waals surface area contributed by atoms with E-state index >= 15 is 0 Å². The van der Waals surface area contributed by atoms with Gasteiger partial charge in [-0.1, -0.05) is 92.9 Å². The highest BCUT2D eigenvalue weighted by atomic mass is 16.7. The van der Waals surface area contributed by atoms with Gasteiger partial charge < -0.3 is 9.47 Å². The first-order valence-corrected chi connectivity index (χ1v) is 13.1. The van der Waals surface area contributed by atoms with E-state index in [9.17, 15) is 9.59 Å². The molecular formula is C28H54O4. The third-order valence-corrected chi connectivity index (χ3v) is 4.76. The van der Waals surface area contributed by atoms with E-state index in [0.717, 1.165) is 63.4 Å². The lowest BCUT2D eigenvalue weighted by atomic mass is 9.86. The highest BCUT2D eigenvalue weighted by Gasteiger charge is 2.24. The topological polar surface area (TPSA) is 52.6 Å². The van der Waals surface area contributed by atoms with E-state index in [0.29, 0.717) is 0 Å². The van der Waals surface area contributed by atoms with Gasteiger partial charge in [0.2, 0.25) is 6.79 Å². The Morgan fingerprint density at radius 2 is 1.59 bits per heavy atom. The minimum absolute atomic E-state index is 0.0778. The molecule has 0 heterocycles. The molecular weight excluding hydrogens is 400 g/mol. The second-order valence-electron chi connectivity index (χ2n) is 7.67. The molecule has 190 valence electrons. The molecule has 0 fully saturated rings. The van der Waals surface area contributed by atoms with E-state index in [2.05, 4.69) is 53.7 Å². The maximum atomic E-state index is 12.1. The van der Waals surface area contributed by atoms with Crippen LogP contribution < -0.4 is 0 Å². The lowest BCUT2D eigenvalue weighted by Crippen LogP contribution is -2.23. The smallest absolute Gasteiger partial charge is 0.336 e. The van der Waals surface area contributed by atoms with Crippen molar-refractivity contribution in [1.82, 2.24) is 0 Å². The average Bonchev–Trinajstić information content (AvgIpc) is 2.81. The van der Waals surface area contributed by atoms with Crippen molar-refractivity contribution in [3.63, 3.8) is 0 Å². The number of carbonyl (C=O) groups excluding carboxylic acids is 2. The Labute approximate surface area is 200 Å². The molecule has 0 spiro atoms. The van der Waals surface area contributed by atoms with Crippen molar-refractivity contribution in [2.75, 3.05) is 6.79 Å². The molecule has 1 aliphatic rings. The molecule has 0 aromatic rings. The van der Waals surface area contributed by atoms with Crippen LogP contribution in [-0.4, -0.2) is 18.7 Å². The summed E-state index contributed by atoms with van der Waals surface area (Å²) in [6.07, 6.45) is 16.1. The van der Waals surface area contributed by atoms with Gasteiger partial charge in [-0.3, -0.25) is 4.79 Å². The van der Waals surface area contributed by atoms with E-state index in [4.69, 9.17) is 9.47 Å². The van der Waals surface area contributed by atoms with Gasteiger partial charge in [0.25, 0.3) is 0 Å². The van der Waals surface area contributed by atoms with Gasteiger partial charge in [-0.2, -0.15) is 0 Å². The van der Waals surface area contributed by atoms with Crippen LogP contribution in [0.25, 0.3) is 0 Å². The van der Waals surface area contributed by atoms with Crippen LogP contribution in [0.3, 0.4) is 0 Å². The lowest BCUT2D eigenvalue weighted by Gasteiger charge is -2.21. The molecule has 1 aliphatic carbocycles. The highest BCUT2D eigenvalue weighted by molar-refractivity contribution is 5.89. The molecule has 32 heavy (non-hydrogen) atoms. The predicted octanol–water partition coefficient (Wildman–Crippen LogP) is 8.80. The second-order valence-corrected chi connectivity index (χ2v) is 7.67. The predicted molar refractivity (Wildman–Crippen MR) is 138 cm³/mol. The maximum absolute atomic E-state index is 12.1. The van der Waals surface area contributed by atoms with E-state index < -0.39 is 0 Å². The molecule has 1 atom stereocenters. The molecule has 0 aromatic carbocycles. The number of allylic oxidation sites excluding steroid dienone is 3. The summed E-state index contributed by atoms with van der Waals surface area (Å²) in [5, 5.41) is 0. The Hall–Kier alpha value is -1.58. The van der Waals surface area contributed by atoms with Crippen LogP contribution in [0, 0.1) is 11.8 Å². The summed E-state index contributed by atoms with van der Waals surface area (Å²) < 4.78 is 10.3. The SMILES string of the molecule is C/C=C\CC.CC.CCC.CCCC(CCC)C(=O)OCOC(=O)C1=CCCCC1CC. The zero-order chi connectivity index (χ0) is 25.2. The summed E-state index contributed by atoms with van der Waals surface area (Å²) in [6, 6.07) is 0. The molecule has 0 saturated carbocycles. The van der Waals surface area contributed by atoms with Crippen molar-refractivity contribution in [1.29, 1.82) is 0 Å². The zero-order valence-electron chi connectivity index (χ0n) is 22.8. The number of ether oxygens (including phenoxy) is 2. The van der Waals surface area contributed by atoms with Crippen LogP contribution >= 0.6 is 0 Å². The van der Waals surface area contributed by atoms with Gasteiger partial charge in [0.05, 0.1) is 5.92 Å². The van der Waals surface area contributed by atoms with Crippen LogP contribution in [-0.2, 0) is 19.1 Å². The number of hydrogen-bond acceptors (Lipinski definition) is 4. The fraction of sp³-hybridized carbons (Fsp3) is 0.786. The van der Waals surface area contributed by atoms with Crippen molar-refractivity contribution in [3.8, 4) is 0 Å². The van der Waals surface area contributed by atoms with Crippen LogP contribution in [0.5, 0.6) is 0 Å². The Kier molecular flexibility index (Phi) is 30.0. The molecule has 0 radical (unpaired) electrons. The van der Waals surface area contributed by atoms with Crippen LogP contribution in [0.1, 0.15) is 127 Å². The first-order valence-electron chi connectivity index (χ1n) is 13.1. The van der Waals surface area contributed by atoms with Crippen LogP contribution in [0.15, 0.2) is 23.8 Å². The Bertz CT molecular complexity index is 474. The molecule has 4 heteroatoms. The van der Waals surface area contributed by atoms with E-state index in [1.807, 2.05) is 26.8 Å². The van der Waals surface area contributed by atoms with Crippen molar-refractivity contribution in [2.24, 2.45) is 11.8 Å². The second kappa shape index (κ2) is 27.5. The minimum atomic E-state index is -0.332. The van der Waals surface area contributed by atoms with Gasteiger partial charge in [0, 0.05) is 5.57 Å². The summed E-state index contributed by atoms with van der Waals surface area (Å²) in [5.41, 5.74) is 0.753. The van der Waals surface area contributed by atoms with Crippen molar-refractivity contribution >= 4 is 11.9 Å². The molecule has 1 unspecified atom stereocenters. The first-order chi connectivity index (χ1) is 15.5. The number of hydrogen-bond donors (Lipinski definition) is 0. The maximum Gasteiger partial charge on any atom is 0.336 e. The van der Waals surface area contributed by atoms with E-state index in [-0.39, 0.29) is 30.6 Å². The third-order valence-electron chi connectivity index (χ3n) is 4.76. The summed E-state index contributed by atoms with van der Waals surface area (Å²) in [4.78, 5) is 24.1. The van der Waals surface area contributed by atoms with Gasteiger partial charge >= 0.3 is 11.9 Å². The average molecular weight is 455 g/mol. The Morgan fingerprint density at radius 1 is 1.03 bits per heavy atom. The lowest BCUT2D eigenvalue weighted by molar-refractivity contribution is -0.168. The molecule has 0 amide bonds. The summed E-state index contributed by atoms with van der Waals surface area (Å²) in [7, 11) is 0. The van der Waals surface area contributed by atoms with Gasteiger partial charge in [-0.05, 0) is 57.8 Å². The first kappa shape index (κ1) is 35.0. The highest BCUT2D eigenvalue weighted by Crippen LogP contribution is 2.28. The standard InChI is InChI=1S/C18H30O4.C5H10.C3H8.C2H6/c1-4-9-15(10-5-2)17(19)21-13-22-18(20)16-12-8-7-11-14(16)6-3;1-3-5-4-2;1-3-2;1-2/h12,14-15H,4-11,13H2,1-3H3;3,5H,4H2,1-2H3;3H2,1-2H3;1-2H3/b;5-3-;;. The van der Waals surface area contributed by atoms with Gasteiger partial charge in [-0.15, -0.1) is 0 Å². The quantitative estimate of drug-likeness (QED) is 0.188. The van der Waals surface area contributed by atoms with Crippen LogP contribution in [0.2, 0.25) is 0 Å². The third kappa shape index (κ3) is 19.1. The van der Waals surface area contributed by atoms with Crippen LogP contribution in [0.4, 0.5) is 0 Å². The molecule has 1 rings (SSSR count). The normalized spacial score (nSPS) is 14.7. The Morgan fingerprint density at radius 3 is 2.00 bits per heavy atom. The summed E-state index contributed by atoms with van der Waals surface area (Å²) in [6.45, 7) is 18.3. The van der Waals surface area contributed by atoms with Crippen molar-refractivity contribution in [2.45, 2.75) is 127 Å². The molecule has 4 nitrogen and oxygen atoms in total. The molecule has 0 aromatic heterocycles. The number of carbonyl (C=O) groups is 2. The van der Waals surface area contributed by atoms with Crippen molar-refractivity contribution in [3.05, 3.63) is 23.8 Å². The Balaban J connectivity index is -0.000000711.